The summed E-state index contributed by atoms with van der Waals surface area (Å²) in [6, 6.07) is 4.92. The van der Waals surface area contributed by atoms with Crippen LogP contribution in [0.25, 0.3) is 0 Å². The Bertz CT molecular complexity index is 573. The fourth-order valence-corrected chi connectivity index (χ4v) is 2.96. The number of fused-ring (bicyclic) bond motifs is 1. The molecule has 1 atom stereocenters. The Labute approximate surface area is 123 Å². The number of anilines is 1. The third-order valence-corrected chi connectivity index (χ3v) is 4.00. The predicted molar refractivity (Wildman–Crippen MR) is 78.3 cm³/mol. The number of piperidine rings is 1. The summed E-state index contributed by atoms with van der Waals surface area (Å²) < 4.78 is 5.64. The number of primary amides is 1. The Hall–Kier alpha value is -2.24. The summed E-state index contributed by atoms with van der Waals surface area (Å²) >= 11 is 0. The van der Waals surface area contributed by atoms with Gasteiger partial charge in [0.2, 0.25) is 5.91 Å². The first-order chi connectivity index (χ1) is 10.2. The summed E-state index contributed by atoms with van der Waals surface area (Å²) in [4.78, 5) is 26.0. The Balaban J connectivity index is 1.92. The SMILES string of the molecule is NC(=O)C1CCCCN1C(=O)c1cccc2c1OCCN2. The summed E-state index contributed by atoms with van der Waals surface area (Å²) in [6.45, 7) is 1.80. The second kappa shape index (κ2) is 5.63. The molecule has 3 N–H and O–H groups in total. The molecule has 0 radical (unpaired) electrons. The van der Waals surface area contributed by atoms with Crippen molar-refractivity contribution in [3.05, 3.63) is 23.8 Å². The van der Waals surface area contributed by atoms with E-state index in [0.717, 1.165) is 25.1 Å². The van der Waals surface area contributed by atoms with Gasteiger partial charge in [-0.25, -0.2) is 0 Å². The van der Waals surface area contributed by atoms with E-state index in [1.54, 1.807) is 11.0 Å². The first kappa shape index (κ1) is 13.7. The van der Waals surface area contributed by atoms with Crippen LogP contribution in [0.15, 0.2) is 18.2 Å². The van der Waals surface area contributed by atoms with Crippen LogP contribution in [-0.2, 0) is 4.79 Å². The number of benzene rings is 1. The molecule has 6 heteroatoms. The third kappa shape index (κ3) is 2.53. The van der Waals surface area contributed by atoms with Gasteiger partial charge in [0.25, 0.3) is 5.91 Å². The highest BCUT2D eigenvalue weighted by molar-refractivity contribution is 6.01. The predicted octanol–water partition coefficient (Wildman–Crippen LogP) is 0.971. The van der Waals surface area contributed by atoms with Crippen molar-refractivity contribution in [2.24, 2.45) is 5.73 Å². The number of likely N-dealkylation sites (tertiary alicyclic amines) is 1. The van der Waals surface area contributed by atoms with Crippen LogP contribution in [-0.4, -0.2) is 42.5 Å². The summed E-state index contributed by atoms with van der Waals surface area (Å²) in [6.07, 6.45) is 2.45. The lowest BCUT2D eigenvalue weighted by atomic mass is 9.99. The van der Waals surface area contributed by atoms with E-state index in [1.807, 2.05) is 12.1 Å². The summed E-state index contributed by atoms with van der Waals surface area (Å²) in [5.41, 5.74) is 6.75. The minimum absolute atomic E-state index is 0.181. The number of ether oxygens (including phenoxy) is 1. The molecule has 0 aliphatic carbocycles. The first-order valence-corrected chi connectivity index (χ1v) is 7.28. The summed E-state index contributed by atoms with van der Waals surface area (Å²) in [5.74, 6) is -0.0477. The van der Waals surface area contributed by atoms with E-state index in [9.17, 15) is 9.59 Å². The number of rotatable bonds is 2. The van der Waals surface area contributed by atoms with Gasteiger partial charge >= 0.3 is 0 Å². The lowest BCUT2D eigenvalue weighted by Crippen LogP contribution is -2.50. The second-order valence-corrected chi connectivity index (χ2v) is 5.37. The topological polar surface area (TPSA) is 84.7 Å². The fraction of sp³-hybridized carbons (Fsp3) is 0.467. The van der Waals surface area contributed by atoms with Crippen molar-refractivity contribution in [1.82, 2.24) is 4.90 Å². The average molecular weight is 289 g/mol. The van der Waals surface area contributed by atoms with E-state index in [4.69, 9.17) is 10.5 Å². The quantitative estimate of drug-likeness (QED) is 0.849. The number of carbonyl (C=O) groups excluding carboxylic acids is 2. The van der Waals surface area contributed by atoms with Gasteiger partial charge in [0, 0.05) is 13.1 Å². The zero-order valence-electron chi connectivity index (χ0n) is 11.8. The van der Waals surface area contributed by atoms with Gasteiger partial charge in [-0.3, -0.25) is 9.59 Å². The van der Waals surface area contributed by atoms with Crippen molar-refractivity contribution in [2.75, 3.05) is 25.0 Å². The largest absolute Gasteiger partial charge is 0.489 e. The maximum absolute atomic E-state index is 12.8. The molecule has 0 bridgehead atoms. The van der Waals surface area contributed by atoms with Crippen LogP contribution in [0.3, 0.4) is 0 Å². The van der Waals surface area contributed by atoms with E-state index in [-0.39, 0.29) is 5.91 Å². The van der Waals surface area contributed by atoms with Crippen LogP contribution in [0, 0.1) is 0 Å². The normalized spacial score (nSPS) is 21.0. The highest BCUT2D eigenvalue weighted by atomic mass is 16.5. The first-order valence-electron chi connectivity index (χ1n) is 7.28. The van der Waals surface area contributed by atoms with Crippen LogP contribution in [0.4, 0.5) is 5.69 Å². The number of nitrogens with zero attached hydrogens (tertiary/aromatic N) is 1. The Morgan fingerprint density at radius 2 is 2.19 bits per heavy atom. The third-order valence-electron chi connectivity index (χ3n) is 4.00. The molecule has 1 unspecified atom stereocenters. The number of hydrogen-bond donors (Lipinski definition) is 2. The number of carbonyl (C=O) groups is 2. The van der Waals surface area contributed by atoms with Crippen molar-refractivity contribution >= 4 is 17.5 Å². The van der Waals surface area contributed by atoms with Crippen molar-refractivity contribution in [3.8, 4) is 5.75 Å². The van der Waals surface area contributed by atoms with Crippen LogP contribution in [0.5, 0.6) is 5.75 Å². The molecule has 2 aliphatic rings. The highest BCUT2D eigenvalue weighted by Gasteiger charge is 2.33. The second-order valence-electron chi connectivity index (χ2n) is 5.37. The zero-order chi connectivity index (χ0) is 14.8. The maximum atomic E-state index is 12.8. The molecule has 21 heavy (non-hydrogen) atoms. The van der Waals surface area contributed by atoms with E-state index >= 15 is 0 Å². The maximum Gasteiger partial charge on any atom is 0.258 e. The number of para-hydroxylation sites is 1. The van der Waals surface area contributed by atoms with Crippen LogP contribution >= 0.6 is 0 Å². The molecule has 1 aromatic rings. The number of amides is 2. The number of nitrogens with one attached hydrogen (secondary N) is 1. The van der Waals surface area contributed by atoms with Crippen LogP contribution < -0.4 is 15.8 Å². The van der Waals surface area contributed by atoms with Gasteiger partial charge in [-0.2, -0.15) is 0 Å². The molecule has 0 aromatic heterocycles. The summed E-state index contributed by atoms with van der Waals surface area (Å²) in [5, 5.41) is 3.21. The molecule has 1 saturated heterocycles. The van der Waals surface area contributed by atoms with Crippen molar-refractivity contribution in [2.45, 2.75) is 25.3 Å². The number of hydrogen-bond acceptors (Lipinski definition) is 4. The molecule has 2 amide bonds. The Morgan fingerprint density at radius 3 is 3.00 bits per heavy atom. The molecule has 0 spiro atoms. The smallest absolute Gasteiger partial charge is 0.258 e. The molecular formula is C15H19N3O3. The molecular weight excluding hydrogens is 270 g/mol. The van der Waals surface area contributed by atoms with E-state index in [1.165, 1.54) is 0 Å². The molecule has 112 valence electrons. The Kier molecular flexibility index (Phi) is 3.68. The van der Waals surface area contributed by atoms with E-state index in [2.05, 4.69) is 5.32 Å². The molecule has 2 heterocycles. The van der Waals surface area contributed by atoms with E-state index < -0.39 is 11.9 Å². The van der Waals surface area contributed by atoms with Gasteiger partial charge in [-0.05, 0) is 31.4 Å². The minimum atomic E-state index is -0.515. The molecule has 1 aromatic carbocycles. The van der Waals surface area contributed by atoms with Gasteiger partial charge in [0.1, 0.15) is 12.6 Å². The molecule has 0 saturated carbocycles. The molecule has 2 aliphatic heterocycles. The highest BCUT2D eigenvalue weighted by Crippen LogP contribution is 2.33. The zero-order valence-corrected chi connectivity index (χ0v) is 11.8. The monoisotopic (exact) mass is 289 g/mol. The van der Waals surface area contributed by atoms with Crippen molar-refractivity contribution < 1.29 is 14.3 Å². The van der Waals surface area contributed by atoms with Gasteiger partial charge < -0.3 is 20.7 Å². The van der Waals surface area contributed by atoms with Crippen molar-refractivity contribution in [1.29, 1.82) is 0 Å². The lowest BCUT2D eigenvalue weighted by Gasteiger charge is -2.34. The van der Waals surface area contributed by atoms with Crippen LogP contribution in [0.1, 0.15) is 29.6 Å². The van der Waals surface area contributed by atoms with Gasteiger partial charge in [-0.1, -0.05) is 6.07 Å². The van der Waals surface area contributed by atoms with Crippen molar-refractivity contribution in [3.63, 3.8) is 0 Å². The minimum Gasteiger partial charge on any atom is -0.489 e. The van der Waals surface area contributed by atoms with Crippen LogP contribution in [0.2, 0.25) is 0 Å². The summed E-state index contributed by atoms with van der Waals surface area (Å²) in [7, 11) is 0. The van der Waals surface area contributed by atoms with Gasteiger partial charge in [0.05, 0.1) is 11.3 Å². The van der Waals surface area contributed by atoms with E-state index in [0.29, 0.717) is 30.9 Å². The van der Waals surface area contributed by atoms with Gasteiger partial charge in [-0.15, -0.1) is 0 Å². The standard InChI is InChI=1S/C15H19N3O3/c16-14(19)12-6-1-2-8-18(12)15(20)10-4-3-5-11-13(10)21-9-7-17-11/h3-5,12,17H,1-2,6-9H2,(H2,16,19). The number of nitrogens with two attached hydrogens (primary N) is 1. The molecule has 1 fully saturated rings. The van der Waals surface area contributed by atoms with Gasteiger partial charge in [0.15, 0.2) is 5.75 Å². The Morgan fingerprint density at radius 1 is 1.33 bits per heavy atom. The fourth-order valence-electron chi connectivity index (χ4n) is 2.96. The molecule has 6 nitrogen and oxygen atoms in total. The average Bonchev–Trinajstić information content (AvgIpc) is 2.53. The lowest BCUT2D eigenvalue weighted by molar-refractivity contribution is -0.123. The molecule has 3 rings (SSSR count).